The summed E-state index contributed by atoms with van der Waals surface area (Å²) in [5.74, 6) is 1.32. The smallest absolute Gasteiger partial charge is 0.409 e. The van der Waals surface area contributed by atoms with Crippen molar-refractivity contribution in [3.8, 4) is 0 Å². The quantitative estimate of drug-likeness (QED) is 0.721. The Kier molecular flexibility index (Phi) is 6.98. The number of hydrogen-bond acceptors (Lipinski definition) is 8. The van der Waals surface area contributed by atoms with Gasteiger partial charge in [0.1, 0.15) is 0 Å². The molecule has 9 nitrogen and oxygen atoms in total. The van der Waals surface area contributed by atoms with E-state index in [1.807, 2.05) is 11.8 Å². The zero-order chi connectivity index (χ0) is 17.4. The van der Waals surface area contributed by atoms with Gasteiger partial charge in [0.2, 0.25) is 5.95 Å². The summed E-state index contributed by atoms with van der Waals surface area (Å²) in [7, 11) is 4.11. The van der Waals surface area contributed by atoms with Crippen LogP contribution in [0.5, 0.6) is 0 Å². The highest BCUT2D eigenvalue weighted by Gasteiger charge is 2.23. The molecule has 1 N–H and O–H groups in total. The van der Waals surface area contributed by atoms with Crippen LogP contribution in [0.1, 0.15) is 13.3 Å². The van der Waals surface area contributed by atoms with Gasteiger partial charge in [-0.15, -0.1) is 5.10 Å². The molecule has 0 aromatic carbocycles. The zero-order valence-corrected chi connectivity index (χ0v) is 14.7. The fraction of sp³-hybridized carbons (Fsp3) is 0.733. The Morgan fingerprint density at radius 2 is 2.08 bits per heavy atom. The third kappa shape index (κ3) is 5.48. The second-order valence-electron chi connectivity index (χ2n) is 5.90. The Hall–Kier alpha value is -2.16. The molecular formula is C15H27N7O2. The summed E-state index contributed by atoms with van der Waals surface area (Å²) in [6, 6.07) is 0. The number of anilines is 2. The first-order chi connectivity index (χ1) is 11.6. The number of ether oxygens (including phenoxy) is 1. The predicted octanol–water partition coefficient (Wildman–Crippen LogP) is 0.514. The van der Waals surface area contributed by atoms with Gasteiger partial charge in [-0.2, -0.15) is 10.1 Å². The highest BCUT2D eigenvalue weighted by atomic mass is 16.6. The first-order valence-corrected chi connectivity index (χ1v) is 8.35. The maximum absolute atomic E-state index is 11.7. The minimum absolute atomic E-state index is 0.257. The first-order valence-electron chi connectivity index (χ1n) is 8.35. The molecule has 2 rings (SSSR count). The van der Waals surface area contributed by atoms with Crippen LogP contribution in [0.3, 0.4) is 0 Å². The van der Waals surface area contributed by atoms with E-state index in [0.717, 1.165) is 25.3 Å². The van der Waals surface area contributed by atoms with E-state index >= 15 is 0 Å². The molecule has 1 aliphatic heterocycles. The Labute approximate surface area is 143 Å². The second kappa shape index (κ2) is 9.21. The van der Waals surface area contributed by atoms with Gasteiger partial charge in [0.15, 0.2) is 5.82 Å². The van der Waals surface area contributed by atoms with Gasteiger partial charge >= 0.3 is 6.09 Å². The minimum Gasteiger partial charge on any atom is -0.450 e. The molecular weight excluding hydrogens is 310 g/mol. The van der Waals surface area contributed by atoms with Gasteiger partial charge in [-0.1, -0.05) is 0 Å². The van der Waals surface area contributed by atoms with E-state index in [1.54, 1.807) is 11.1 Å². The number of nitrogens with one attached hydrogen (secondary N) is 1. The van der Waals surface area contributed by atoms with Gasteiger partial charge in [0.25, 0.3) is 0 Å². The topological polar surface area (TPSA) is 86.7 Å². The van der Waals surface area contributed by atoms with E-state index in [4.69, 9.17) is 4.74 Å². The van der Waals surface area contributed by atoms with Gasteiger partial charge in [-0.3, -0.25) is 0 Å². The number of hydrogen-bond donors (Lipinski definition) is 1. The van der Waals surface area contributed by atoms with Gasteiger partial charge in [0, 0.05) is 32.7 Å². The Morgan fingerprint density at radius 1 is 1.33 bits per heavy atom. The fourth-order valence-electron chi connectivity index (χ4n) is 2.43. The van der Waals surface area contributed by atoms with Crippen LogP contribution in [0.15, 0.2) is 6.20 Å². The third-order valence-electron chi connectivity index (χ3n) is 3.72. The molecule has 1 aromatic heterocycles. The molecule has 0 unspecified atom stereocenters. The molecule has 0 aliphatic carbocycles. The second-order valence-corrected chi connectivity index (χ2v) is 5.90. The SMILES string of the molecule is CCOC(=O)N1CCN(c2nncc(NCCCN(C)C)n2)CC1. The number of carbonyl (C=O) groups is 1. The summed E-state index contributed by atoms with van der Waals surface area (Å²) in [5.41, 5.74) is 0. The van der Waals surface area contributed by atoms with E-state index in [0.29, 0.717) is 38.7 Å². The van der Waals surface area contributed by atoms with Crippen molar-refractivity contribution in [3.63, 3.8) is 0 Å². The maximum Gasteiger partial charge on any atom is 0.409 e. The molecule has 134 valence electrons. The molecule has 2 heterocycles. The van der Waals surface area contributed by atoms with Crippen LogP contribution in [-0.4, -0.2) is 91.0 Å². The lowest BCUT2D eigenvalue weighted by Gasteiger charge is -2.33. The van der Waals surface area contributed by atoms with Gasteiger partial charge in [-0.05, 0) is 34.0 Å². The predicted molar refractivity (Wildman–Crippen MR) is 92.3 cm³/mol. The van der Waals surface area contributed by atoms with Crippen molar-refractivity contribution in [1.29, 1.82) is 0 Å². The third-order valence-corrected chi connectivity index (χ3v) is 3.72. The molecule has 0 bridgehead atoms. The summed E-state index contributed by atoms with van der Waals surface area (Å²) in [6.07, 6.45) is 2.41. The Balaban J connectivity index is 1.82. The standard InChI is InChI=1S/C15H27N7O2/c1-4-24-15(23)22-10-8-21(9-11-22)14-18-13(12-17-19-14)16-6-5-7-20(2)3/h12H,4-11H2,1-3H3,(H,16,18,19). The van der Waals surface area contributed by atoms with Crippen molar-refractivity contribution in [3.05, 3.63) is 6.20 Å². The Morgan fingerprint density at radius 3 is 2.75 bits per heavy atom. The first kappa shape index (κ1) is 18.2. The Bertz CT molecular complexity index is 518. The van der Waals surface area contributed by atoms with Crippen molar-refractivity contribution >= 4 is 17.9 Å². The molecule has 1 aliphatic rings. The number of carbonyl (C=O) groups excluding carboxylic acids is 1. The summed E-state index contributed by atoms with van der Waals surface area (Å²) in [4.78, 5) is 22.1. The van der Waals surface area contributed by atoms with Crippen molar-refractivity contribution in [1.82, 2.24) is 25.0 Å². The van der Waals surface area contributed by atoms with Gasteiger partial charge in [-0.25, -0.2) is 4.79 Å². The average molecular weight is 337 g/mol. The van der Waals surface area contributed by atoms with E-state index in [-0.39, 0.29) is 6.09 Å². The number of amides is 1. The van der Waals surface area contributed by atoms with Crippen LogP contribution < -0.4 is 10.2 Å². The summed E-state index contributed by atoms with van der Waals surface area (Å²) < 4.78 is 5.02. The summed E-state index contributed by atoms with van der Waals surface area (Å²) in [6.45, 7) is 6.61. The molecule has 0 atom stereocenters. The van der Waals surface area contributed by atoms with Gasteiger partial charge < -0.3 is 24.8 Å². The molecule has 1 aromatic rings. The molecule has 1 amide bonds. The molecule has 0 radical (unpaired) electrons. The maximum atomic E-state index is 11.7. The summed E-state index contributed by atoms with van der Waals surface area (Å²) in [5, 5.41) is 11.4. The fourth-order valence-corrected chi connectivity index (χ4v) is 2.43. The zero-order valence-electron chi connectivity index (χ0n) is 14.7. The molecule has 9 heteroatoms. The molecule has 1 saturated heterocycles. The van der Waals surface area contributed by atoms with Crippen molar-refractivity contribution in [2.45, 2.75) is 13.3 Å². The van der Waals surface area contributed by atoms with Crippen molar-refractivity contribution in [2.75, 3.05) is 70.2 Å². The highest BCUT2D eigenvalue weighted by molar-refractivity contribution is 5.68. The van der Waals surface area contributed by atoms with Crippen molar-refractivity contribution < 1.29 is 9.53 Å². The lowest BCUT2D eigenvalue weighted by Crippen LogP contribution is -2.49. The van der Waals surface area contributed by atoms with E-state index < -0.39 is 0 Å². The average Bonchev–Trinajstić information content (AvgIpc) is 2.59. The van der Waals surface area contributed by atoms with E-state index in [9.17, 15) is 4.79 Å². The number of nitrogens with zero attached hydrogens (tertiary/aromatic N) is 6. The van der Waals surface area contributed by atoms with Crippen LogP contribution in [-0.2, 0) is 4.74 Å². The molecule has 24 heavy (non-hydrogen) atoms. The monoisotopic (exact) mass is 337 g/mol. The van der Waals surface area contributed by atoms with Crippen LogP contribution in [0.4, 0.5) is 16.6 Å². The summed E-state index contributed by atoms with van der Waals surface area (Å²) >= 11 is 0. The largest absolute Gasteiger partial charge is 0.450 e. The number of rotatable bonds is 7. The van der Waals surface area contributed by atoms with Crippen LogP contribution in [0, 0.1) is 0 Å². The molecule has 0 saturated carbocycles. The number of piperazine rings is 1. The normalized spacial score (nSPS) is 14.8. The highest BCUT2D eigenvalue weighted by Crippen LogP contribution is 2.13. The molecule has 0 spiro atoms. The van der Waals surface area contributed by atoms with Crippen molar-refractivity contribution in [2.24, 2.45) is 0 Å². The minimum atomic E-state index is -0.257. The number of aromatic nitrogens is 3. The van der Waals surface area contributed by atoms with E-state index in [2.05, 4.69) is 39.5 Å². The lowest BCUT2D eigenvalue weighted by molar-refractivity contribution is 0.105. The van der Waals surface area contributed by atoms with E-state index in [1.165, 1.54) is 0 Å². The van der Waals surface area contributed by atoms with Crippen LogP contribution in [0.2, 0.25) is 0 Å². The lowest BCUT2D eigenvalue weighted by atomic mass is 10.3. The van der Waals surface area contributed by atoms with Crippen LogP contribution >= 0.6 is 0 Å². The molecule has 1 fully saturated rings. The van der Waals surface area contributed by atoms with Crippen LogP contribution in [0.25, 0.3) is 0 Å². The van der Waals surface area contributed by atoms with Gasteiger partial charge in [0.05, 0.1) is 12.8 Å².